The van der Waals surface area contributed by atoms with Crippen LogP contribution in [0.25, 0.3) is 0 Å². The topological polar surface area (TPSA) is 94.2 Å². The first-order valence-electron chi connectivity index (χ1n) is 6.28. The molecule has 1 aromatic rings. The van der Waals surface area contributed by atoms with E-state index in [0.717, 1.165) is 18.4 Å². The molecule has 0 spiro atoms. The first-order chi connectivity index (χ1) is 8.87. The molecule has 6 heteroatoms. The van der Waals surface area contributed by atoms with Crippen LogP contribution in [0.15, 0.2) is 18.3 Å². The van der Waals surface area contributed by atoms with Crippen LogP contribution in [0.1, 0.15) is 44.4 Å². The van der Waals surface area contributed by atoms with Gasteiger partial charge in [0, 0.05) is 6.20 Å². The molecule has 0 atom stereocenters. The molecule has 2 N–H and O–H groups in total. The highest BCUT2D eigenvalue weighted by Crippen LogP contribution is 2.43. The molecule has 0 saturated carbocycles. The van der Waals surface area contributed by atoms with Gasteiger partial charge in [-0.2, -0.15) is 5.26 Å². The summed E-state index contributed by atoms with van der Waals surface area (Å²) < 4.78 is 11.1. The van der Waals surface area contributed by atoms with E-state index in [0.29, 0.717) is 12.1 Å². The highest BCUT2D eigenvalue weighted by Gasteiger charge is 2.31. The highest BCUT2D eigenvalue weighted by molar-refractivity contribution is 7.51. The molecule has 0 unspecified atom stereocenters. The first kappa shape index (κ1) is 15.8. The van der Waals surface area contributed by atoms with Crippen molar-refractivity contribution >= 4 is 7.60 Å². The molecular formula is C13H19N2O3P. The summed E-state index contributed by atoms with van der Waals surface area (Å²) in [7, 11) is -4.01. The van der Waals surface area contributed by atoms with E-state index in [1.807, 2.05) is 26.0 Å². The monoisotopic (exact) mass is 282 g/mol. The van der Waals surface area contributed by atoms with Gasteiger partial charge in [-0.15, -0.1) is 0 Å². The Bertz CT molecular complexity index is 515. The van der Waals surface area contributed by atoms with Crippen molar-refractivity contribution in [3.8, 4) is 6.07 Å². The minimum atomic E-state index is -4.01. The summed E-state index contributed by atoms with van der Waals surface area (Å²) in [6.45, 7) is 3.99. The molecule has 0 aliphatic carbocycles. The number of rotatable bonds is 6. The maximum atomic E-state index is 11.1. The van der Waals surface area contributed by atoms with Crippen molar-refractivity contribution < 1.29 is 14.4 Å². The van der Waals surface area contributed by atoms with Gasteiger partial charge in [-0.3, -0.25) is 4.57 Å². The van der Waals surface area contributed by atoms with Crippen molar-refractivity contribution in [2.24, 2.45) is 0 Å². The summed E-state index contributed by atoms with van der Waals surface area (Å²) in [6, 6.07) is 5.54. The lowest BCUT2D eigenvalue weighted by molar-refractivity contribution is 0.342. The Balaban J connectivity index is 3.10. The molecule has 1 heterocycles. The Labute approximate surface area is 113 Å². The van der Waals surface area contributed by atoms with Crippen molar-refractivity contribution in [1.29, 1.82) is 5.26 Å². The van der Waals surface area contributed by atoms with Crippen molar-refractivity contribution in [3.63, 3.8) is 0 Å². The fourth-order valence-electron chi connectivity index (χ4n) is 2.34. The van der Waals surface area contributed by atoms with Crippen LogP contribution >= 0.6 is 7.60 Å². The van der Waals surface area contributed by atoms with Crippen LogP contribution in [0.4, 0.5) is 0 Å². The smallest absolute Gasteiger partial charge is 0.324 e. The molecule has 1 rings (SSSR count). The Morgan fingerprint density at radius 1 is 1.42 bits per heavy atom. The van der Waals surface area contributed by atoms with E-state index >= 15 is 0 Å². The SMILES string of the molecule is CCC(CC)(CCP(=O)(O)O)c1ccnc(C#N)c1. The molecule has 104 valence electrons. The normalized spacial score (nSPS) is 12.2. The van der Waals surface area contributed by atoms with Crippen molar-refractivity contribution in [1.82, 2.24) is 4.98 Å². The maximum absolute atomic E-state index is 11.1. The second kappa shape index (κ2) is 6.29. The molecule has 0 aliphatic rings. The van der Waals surface area contributed by atoms with Gasteiger partial charge in [-0.25, -0.2) is 4.98 Å². The summed E-state index contributed by atoms with van der Waals surface area (Å²) in [4.78, 5) is 22.1. The predicted octanol–water partition coefficient (Wildman–Crippen LogP) is 2.58. The Hall–Kier alpha value is -1.21. The summed E-state index contributed by atoms with van der Waals surface area (Å²) in [5.41, 5.74) is 0.952. The summed E-state index contributed by atoms with van der Waals surface area (Å²) >= 11 is 0. The predicted molar refractivity (Wildman–Crippen MR) is 72.7 cm³/mol. The number of aromatic nitrogens is 1. The average molecular weight is 282 g/mol. The number of hydrogen-bond donors (Lipinski definition) is 2. The van der Waals surface area contributed by atoms with E-state index in [2.05, 4.69) is 4.98 Å². The van der Waals surface area contributed by atoms with Crippen molar-refractivity contribution in [3.05, 3.63) is 29.6 Å². The van der Waals surface area contributed by atoms with Gasteiger partial charge < -0.3 is 9.79 Å². The van der Waals surface area contributed by atoms with Crippen LogP contribution in [0.5, 0.6) is 0 Å². The van der Waals surface area contributed by atoms with Crippen molar-refractivity contribution in [2.45, 2.75) is 38.5 Å². The Morgan fingerprint density at radius 2 is 2.05 bits per heavy atom. The number of nitrogens with zero attached hydrogens (tertiary/aromatic N) is 2. The van der Waals surface area contributed by atoms with Gasteiger partial charge >= 0.3 is 7.60 Å². The first-order valence-corrected chi connectivity index (χ1v) is 8.08. The van der Waals surface area contributed by atoms with Crippen molar-refractivity contribution in [2.75, 3.05) is 6.16 Å². The fourth-order valence-corrected chi connectivity index (χ4v) is 3.06. The molecule has 0 fully saturated rings. The van der Waals surface area contributed by atoms with E-state index < -0.39 is 7.60 Å². The van der Waals surface area contributed by atoms with Gasteiger partial charge in [0.05, 0.1) is 6.16 Å². The zero-order valence-electron chi connectivity index (χ0n) is 11.2. The van der Waals surface area contributed by atoms with Gasteiger partial charge in [0.1, 0.15) is 11.8 Å². The van der Waals surface area contributed by atoms with Crippen LogP contribution in [-0.4, -0.2) is 20.9 Å². The zero-order chi connectivity index (χ0) is 14.5. The molecule has 0 aliphatic heterocycles. The van der Waals surface area contributed by atoms with Gasteiger partial charge in [0.25, 0.3) is 0 Å². The zero-order valence-corrected chi connectivity index (χ0v) is 12.1. The molecule has 0 radical (unpaired) electrons. The highest BCUT2D eigenvalue weighted by atomic mass is 31.2. The Kier molecular flexibility index (Phi) is 5.25. The third kappa shape index (κ3) is 4.14. The van der Waals surface area contributed by atoms with Crippen LogP contribution in [0, 0.1) is 11.3 Å². The maximum Gasteiger partial charge on any atom is 0.325 e. The largest absolute Gasteiger partial charge is 0.325 e. The molecule has 19 heavy (non-hydrogen) atoms. The molecule has 0 aromatic carbocycles. The molecule has 1 aromatic heterocycles. The van der Waals surface area contributed by atoms with Crippen LogP contribution in [0.2, 0.25) is 0 Å². The molecule has 5 nitrogen and oxygen atoms in total. The van der Waals surface area contributed by atoms with Gasteiger partial charge in [-0.05, 0) is 42.4 Å². The van der Waals surface area contributed by atoms with E-state index in [9.17, 15) is 4.57 Å². The molecule has 0 amide bonds. The van der Waals surface area contributed by atoms with E-state index in [1.165, 1.54) is 0 Å². The molecule has 0 bridgehead atoms. The lowest BCUT2D eigenvalue weighted by Gasteiger charge is -2.32. The third-order valence-electron chi connectivity index (χ3n) is 3.72. The van der Waals surface area contributed by atoms with E-state index in [-0.39, 0.29) is 11.6 Å². The van der Waals surface area contributed by atoms with Crippen LogP contribution in [-0.2, 0) is 9.98 Å². The van der Waals surface area contributed by atoms with Gasteiger partial charge in [-0.1, -0.05) is 13.8 Å². The standard InChI is InChI=1S/C13H19N2O3P/c1-3-13(4-2,6-8-19(16,17)18)11-5-7-15-12(9-11)10-14/h5,7,9H,3-4,6,8H2,1-2H3,(H2,16,17,18). The number of nitriles is 1. The lowest BCUT2D eigenvalue weighted by atomic mass is 9.74. The lowest BCUT2D eigenvalue weighted by Crippen LogP contribution is -2.26. The van der Waals surface area contributed by atoms with Gasteiger partial charge in [0.2, 0.25) is 0 Å². The average Bonchev–Trinajstić information content (AvgIpc) is 2.40. The Morgan fingerprint density at radius 3 is 2.53 bits per heavy atom. The number of hydrogen-bond acceptors (Lipinski definition) is 3. The summed E-state index contributed by atoms with van der Waals surface area (Å²) in [5, 5.41) is 8.90. The van der Waals surface area contributed by atoms with E-state index in [1.54, 1.807) is 12.3 Å². The van der Waals surface area contributed by atoms with Gasteiger partial charge in [0.15, 0.2) is 0 Å². The van der Waals surface area contributed by atoms with Crippen LogP contribution in [0.3, 0.4) is 0 Å². The molecular weight excluding hydrogens is 263 g/mol. The fraction of sp³-hybridized carbons (Fsp3) is 0.538. The minimum Gasteiger partial charge on any atom is -0.324 e. The van der Waals surface area contributed by atoms with E-state index in [4.69, 9.17) is 15.0 Å². The van der Waals surface area contributed by atoms with Crippen LogP contribution < -0.4 is 0 Å². The number of pyridine rings is 1. The second-order valence-electron chi connectivity index (χ2n) is 4.67. The third-order valence-corrected chi connectivity index (χ3v) is 4.53. The summed E-state index contributed by atoms with van der Waals surface area (Å²) in [6.07, 6.45) is 3.36. The summed E-state index contributed by atoms with van der Waals surface area (Å²) in [5.74, 6) is 0. The molecule has 0 saturated heterocycles. The quantitative estimate of drug-likeness (QED) is 0.782. The minimum absolute atomic E-state index is 0.140. The second-order valence-corrected chi connectivity index (χ2v) is 6.44.